The minimum absolute atomic E-state index is 0.0928. The zero-order valence-electron chi connectivity index (χ0n) is 6.45. The van der Waals surface area contributed by atoms with Crippen LogP contribution in [0.15, 0.2) is 22.8 Å². The lowest BCUT2D eigenvalue weighted by atomic mass is 10.1. The van der Waals surface area contributed by atoms with Crippen LogP contribution in [0.1, 0.15) is 11.8 Å². The van der Waals surface area contributed by atoms with Crippen molar-refractivity contribution in [2.45, 2.75) is 18.3 Å². The van der Waals surface area contributed by atoms with Crippen molar-refractivity contribution in [1.82, 2.24) is 0 Å². The van der Waals surface area contributed by atoms with Crippen LogP contribution in [-0.2, 0) is 0 Å². The van der Waals surface area contributed by atoms with Crippen molar-refractivity contribution in [3.8, 4) is 0 Å². The third-order valence-corrected chi connectivity index (χ3v) is 1.55. The summed E-state index contributed by atoms with van der Waals surface area (Å²) in [7, 11) is 0. The zero-order chi connectivity index (χ0) is 10.1. The molecule has 1 rings (SSSR count). The van der Waals surface area contributed by atoms with Gasteiger partial charge in [0.05, 0.1) is 12.3 Å². The van der Waals surface area contributed by atoms with E-state index in [0.29, 0.717) is 0 Å². The Hall–Kier alpha value is -1.01. The molecule has 1 aromatic heterocycles. The van der Waals surface area contributed by atoms with Crippen LogP contribution >= 0.6 is 0 Å². The number of hydrogen-bond acceptors (Lipinski definition) is 3. The topological polar surface area (TPSA) is 59.4 Å². The van der Waals surface area contributed by atoms with Crippen LogP contribution in [0.25, 0.3) is 0 Å². The predicted molar refractivity (Wildman–Crippen MR) is 37.7 cm³/mol. The summed E-state index contributed by atoms with van der Waals surface area (Å²) in [6.45, 7) is 0. The smallest absolute Gasteiger partial charge is 0.416 e. The minimum Gasteiger partial charge on any atom is -0.468 e. The third kappa shape index (κ3) is 2.22. The van der Waals surface area contributed by atoms with Gasteiger partial charge in [0, 0.05) is 0 Å². The van der Waals surface area contributed by atoms with Crippen molar-refractivity contribution in [3.63, 3.8) is 0 Å². The number of halogens is 3. The molecule has 74 valence electrons. The molecule has 2 unspecified atom stereocenters. The molecular formula is C7H8F3NO2. The third-order valence-electron chi connectivity index (χ3n) is 1.55. The molecule has 0 saturated carbocycles. The second-order valence-electron chi connectivity index (χ2n) is 2.53. The van der Waals surface area contributed by atoms with Gasteiger partial charge in [-0.15, -0.1) is 0 Å². The lowest BCUT2D eigenvalue weighted by molar-refractivity contribution is -0.211. The van der Waals surface area contributed by atoms with Gasteiger partial charge in [0.15, 0.2) is 6.10 Å². The molecule has 0 fully saturated rings. The molecule has 0 aliphatic heterocycles. The summed E-state index contributed by atoms with van der Waals surface area (Å²) < 4.78 is 40.4. The van der Waals surface area contributed by atoms with E-state index in [0.717, 1.165) is 0 Å². The van der Waals surface area contributed by atoms with Gasteiger partial charge in [-0.25, -0.2) is 0 Å². The molecule has 0 radical (unpaired) electrons. The summed E-state index contributed by atoms with van der Waals surface area (Å²) in [6.07, 6.45) is -6.14. The van der Waals surface area contributed by atoms with Gasteiger partial charge in [-0.1, -0.05) is 0 Å². The molecule has 0 saturated heterocycles. The van der Waals surface area contributed by atoms with Crippen LogP contribution in [0.3, 0.4) is 0 Å². The summed E-state index contributed by atoms with van der Waals surface area (Å²) in [5, 5.41) is 8.72. The molecular weight excluding hydrogens is 187 g/mol. The first kappa shape index (κ1) is 10.1. The second kappa shape index (κ2) is 3.39. The predicted octanol–water partition coefficient (Wildman–Crippen LogP) is 1.20. The average molecular weight is 195 g/mol. The van der Waals surface area contributed by atoms with Crippen molar-refractivity contribution in [1.29, 1.82) is 0 Å². The molecule has 1 heterocycles. The zero-order valence-corrected chi connectivity index (χ0v) is 6.45. The second-order valence-corrected chi connectivity index (χ2v) is 2.53. The Morgan fingerprint density at radius 1 is 1.46 bits per heavy atom. The minimum atomic E-state index is -4.73. The lowest BCUT2D eigenvalue weighted by Crippen LogP contribution is -2.38. The Balaban J connectivity index is 2.74. The molecule has 3 nitrogen and oxygen atoms in total. The van der Waals surface area contributed by atoms with E-state index in [4.69, 9.17) is 10.8 Å². The van der Waals surface area contributed by atoms with E-state index >= 15 is 0 Å². The Morgan fingerprint density at radius 3 is 2.46 bits per heavy atom. The van der Waals surface area contributed by atoms with E-state index in [-0.39, 0.29) is 5.76 Å². The van der Waals surface area contributed by atoms with Gasteiger partial charge in [-0.05, 0) is 12.1 Å². The van der Waals surface area contributed by atoms with E-state index in [9.17, 15) is 13.2 Å². The number of alkyl halides is 3. The maximum Gasteiger partial charge on any atom is 0.416 e. The van der Waals surface area contributed by atoms with Gasteiger partial charge >= 0.3 is 6.18 Å². The van der Waals surface area contributed by atoms with Crippen LogP contribution < -0.4 is 5.73 Å². The van der Waals surface area contributed by atoms with Gasteiger partial charge in [0.1, 0.15) is 5.76 Å². The molecule has 3 N–H and O–H groups in total. The number of furan rings is 1. The molecule has 0 aliphatic rings. The van der Waals surface area contributed by atoms with E-state index in [2.05, 4.69) is 4.42 Å². The fraction of sp³-hybridized carbons (Fsp3) is 0.429. The summed E-state index contributed by atoms with van der Waals surface area (Å²) in [5.41, 5.74) is 5.11. The summed E-state index contributed by atoms with van der Waals surface area (Å²) in [4.78, 5) is 0. The van der Waals surface area contributed by atoms with Crippen LogP contribution in [-0.4, -0.2) is 17.4 Å². The van der Waals surface area contributed by atoms with Crippen molar-refractivity contribution < 1.29 is 22.7 Å². The normalized spacial score (nSPS) is 17.0. The largest absolute Gasteiger partial charge is 0.468 e. The molecule has 0 aliphatic carbocycles. The SMILES string of the molecule is NC(c1ccco1)C(O)C(F)(F)F. The fourth-order valence-corrected chi connectivity index (χ4v) is 0.840. The van der Waals surface area contributed by atoms with E-state index in [1.807, 2.05) is 0 Å². The molecule has 6 heteroatoms. The molecule has 2 atom stereocenters. The monoisotopic (exact) mass is 195 g/mol. The van der Waals surface area contributed by atoms with Gasteiger partial charge in [-0.3, -0.25) is 0 Å². The highest BCUT2D eigenvalue weighted by atomic mass is 19.4. The Kier molecular flexibility index (Phi) is 2.63. The van der Waals surface area contributed by atoms with E-state index in [1.165, 1.54) is 18.4 Å². The molecule has 1 aromatic rings. The van der Waals surface area contributed by atoms with Crippen LogP contribution in [0.4, 0.5) is 13.2 Å². The lowest BCUT2D eigenvalue weighted by Gasteiger charge is -2.19. The Bertz CT molecular complexity index is 257. The quantitative estimate of drug-likeness (QED) is 0.745. The van der Waals surface area contributed by atoms with E-state index in [1.54, 1.807) is 0 Å². The fourth-order valence-electron chi connectivity index (χ4n) is 0.840. The molecule has 13 heavy (non-hydrogen) atoms. The highest BCUT2D eigenvalue weighted by Crippen LogP contribution is 2.28. The van der Waals surface area contributed by atoms with Crippen LogP contribution in [0.2, 0.25) is 0 Å². The van der Waals surface area contributed by atoms with Gasteiger partial charge in [-0.2, -0.15) is 13.2 Å². The van der Waals surface area contributed by atoms with Crippen molar-refractivity contribution in [3.05, 3.63) is 24.2 Å². The molecule has 0 spiro atoms. The van der Waals surface area contributed by atoms with Crippen LogP contribution in [0, 0.1) is 0 Å². The average Bonchev–Trinajstić information content (AvgIpc) is 2.51. The van der Waals surface area contributed by atoms with E-state index < -0.39 is 18.3 Å². The first-order chi connectivity index (χ1) is 5.93. The van der Waals surface area contributed by atoms with Gasteiger partial charge in [0.2, 0.25) is 0 Å². The highest BCUT2D eigenvalue weighted by molar-refractivity contribution is 5.06. The molecule has 0 amide bonds. The number of aliphatic hydroxyl groups is 1. The number of nitrogens with two attached hydrogens (primary N) is 1. The number of rotatable bonds is 2. The number of aliphatic hydroxyl groups excluding tert-OH is 1. The summed E-state index contributed by atoms with van der Waals surface area (Å²) >= 11 is 0. The molecule has 0 aromatic carbocycles. The first-order valence-electron chi connectivity index (χ1n) is 3.46. The van der Waals surface area contributed by atoms with Gasteiger partial charge in [0.25, 0.3) is 0 Å². The van der Waals surface area contributed by atoms with Crippen molar-refractivity contribution in [2.75, 3.05) is 0 Å². The summed E-state index contributed by atoms with van der Waals surface area (Å²) in [5.74, 6) is -0.0928. The maximum atomic E-state index is 11.9. The number of hydrogen-bond donors (Lipinski definition) is 2. The summed E-state index contributed by atoms with van der Waals surface area (Å²) in [6, 6.07) is 1.10. The highest BCUT2D eigenvalue weighted by Gasteiger charge is 2.43. The van der Waals surface area contributed by atoms with Crippen molar-refractivity contribution >= 4 is 0 Å². The Morgan fingerprint density at radius 2 is 2.08 bits per heavy atom. The standard InChI is InChI=1S/C7H8F3NO2/c8-7(9,10)6(12)5(11)4-2-1-3-13-4/h1-3,5-6,12H,11H2. The van der Waals surface area contributed by atoms with Gasteiger partial charge < -0.3 is 15.3 Å². The van der Waals surface area contributed by atoms with Crippen molar-refractivity contribution in [2.24, 2.45) is 5.73 Å². The first-order valence-corrected chi connectivity index (χ1v) is 3.46. The van der Waals surface area contributed by atoms with Crippen LogP contribution in [0.5, 0.6) is 0 Å². The molecule has 0 bridgehead atoms. The maximum absolute atomic E-state index is 11.9. The Labute approximate surface area is 72.0 Å².